The van der Waals surface area contributed by atoms with Crippen molar-refractivity contribution in [3.63, 3.8) is 0 Å². The van der Waals surface area contributed by atoms with Crippen molar-refractivity contribution in [3.8, 4) is 0 Å². The van der Waals surface area contributed by atoms with Crippen LogP contribution < -0.4 is 5.32 Å². The molecule has 0 aliphatic heterocycles. The number of benzene rings is 2. The van der Waals surface area contributed by atoms with E-state index >= 15 is 0 Å². The first kappa shape index (κ1) is 14.6. The van der Waals surface area contributed by atoms with Crippen molar-refractivity contribution in [1.82, 2.24) is 0 Å². The molecule has 0 amide bonds. The molecule has 1 heteroatoms. The van der Waals surface area contributed by atoms with Crippen molar-refractivity contribution in [2.24, 2.45) is 0 Å². The van der Waals surface area contributed by atoms with Gasteiger partial charge < -0.3 is 5.32 Å². The van der Waals surface area contributed by atoms with Gasteiger partial charge in [-0.25, -0.2) is 0 Å². The van der Waals surface area contributed by atoms with Crippen LogP contribution in [0.3, 0.4) is 0 Å². The summed E-state index contributed by atoms with van der Waals surface area (Å²) in [6.45, 7) is 7.53. The lowest BCUT2D eigenvalue weighted by atomic mass is 10.0. The van der Waals surface area contributed by atoms with Crippen LogP contribution >= 0.6 is 0 Å². The monoisotopic (exact) mass is 267 g/mol. The van der Waals surface area contributed by atoms with Crippen molar-refractivity contribution in [2.45, 2.75) is 46.6 Å². The van der Waals surface area contributed by atoms with Crippen LogP contribution in [-0.4, -0.2) is 0 Å². The number of nitrogens with one attached hydrogen (secondary N) is 1. The van der Waals surface area contributed by atoms with Crippen LogP contribution in [0.25, 0.3) is 0 Å². The lowest BCUT2D eigenvalue weighted by molar-refractivity contribution is 1.04. The summed E-state index contributed by atoms with van der Waals surface area (Å²) in [6, 6.07) is 15.5. The zero-order valence-corrected chi connectivity index (χ0v) is 12.9. The number of rotatable bonds is 6. The van der Waals surface area contributed by atoms with Crippen molar-refractivity contribution in [2.75, 3.05) is 5.32 Å². The minimum absolute atomic E-state index is 0.897. The van der Waals surface area contributed by atoms with Gasteiger partial charge in [0.05, 0.1) is 0 Å². The second-order valence-electron chi connectivity index (χ2n) is 5.18. The topological polar surface area (TPSA) is 12.0 Å². The van der Waals surface area contributed by atoms with Gasteiger partial charge in [0.2, 0.25) is 0 Å². The molecule has 106 valence electrons. The summed E-state index contributed by atoms with van der Waals surface area (Å²) in [7, 11) is 0. The largest absolute Gasteiger partial charge is 0.381 e. The molecule has 2 aromatic carbocycles. The highest BCUT2D eigenvalue weighted by Gasteiger charge is 2.05. The third kappa shape index (κ3) is 3.41. The van der Waals surface area contributed by atoms with E-state index in [0.717, 1.165) is 25.8 Å². The highest BCUT2D eigenvalue weighted by atomic mass is 14.9. The zero-order chi connectivity index (χ0) is 14.4. The van der Waals surface area contributed by atoms with Gasteiger partial charge in [-0.05, 0) is 41.5 Å². The molecule has 0 saturated heterocycles. The number of hydrogen-bond acceptors (Lipinski definition) is 1. The van der Waals surface area contributed by atoms with Gasteiger partial charge in [0, 0.05) is 12.2 Å². The lowest BCUT2D eigenvalue weighted by Crippen LogP contribution is -2.05. The number of anilines is 1. The van der Waals surface area contributed by atoms with Crippen molar-refractivity contribution in [3.05, 3.63) is 64.7 Å². The fraction of sp³-hybridized carbons (Fsp3) is 0.368. The molecule has 20 heavy (non-hydrogen) atoms. The Labute approximate surface area is 123 Å². The Morgan fingerprint density at radius 2 is 1.25 bits per heavy atom. The van der Waals surface area contributed by atoms with Crippen LogP contribution in [0.15, 0.2) is 42.5 Å². The van der Waals surface area contributed by atoms with E-state index < -0.39 is 0 Å². The SMILES string of the molecule is CCc1ccc(CNc2c(CC)cccc2CC)cc1. The third-order valence-corrected chi connectivity index (χ3v) is 3.90. The molecule has 0 spiro atoms. The van der Waals surface area contributed by atoms with Gasteiger partial charge in [-0.2, -0.15) is 0 Å². The molecule has 0 unspecified atom stereocenters. The Morgan fingerprint density at radius 3 is 1.75 bits per heavy atom. The van der Waals surface area contributed by atoms with Crippen molar-refractivity contribution >= 4 is 5.69 Å². The third-order valence-electron chi connectivity index (χ3n) is 3.90. The first-order valence-electron chi connectivity index (χ1n) is 7.70. The Morgan fingerprint density at radius 1 is 0.700 bits per heavy atom. The van der Waals surface area contributed by atoms with E-state index in [-0.39, 0.29) is 0 Å². The molecule has 0 atom stereocenters. The summed E-state index contributed by atoms with van der Waals surface area (Å²) in [4.78, 5) is 0. The van der Waals surface area contributed by atoms with Gasteiger partial charge >= 0.3 is 0 Å². The fourth-order valence-electron chi connectivity index (χ4n) is 2.55. The van der Waals surface area contributed by atoms with Gasteiger partial charge in [0.25, 0.3) is 0 Å². The van der Waals surface area contributed by atoms with E-state index in [4.69, 9.17) is 0 Å². The van der Waals surface area contributed by atoms with Gasteiger partial charge in [0.1, 0.15) is 0 Å². The number of aryl methyl sites for hydroxylation is 3. The Bertz CT molecular complexity index is 518. The van der Waals surface area contributed by atoms with Crippen LogP contribution in [0.2, 0.25) is 0 Å². The molecule has 2 aromatic rings. The van der Waals surface area contributed by atoms with E-state index in [1.54, 1.807) is 0 Å². The summed E-state index contributed by atoms with van der Waals surface area (Å²) in [5, 5.41) is 3.64. The fourth-order valence-corrected chi connectivity index (χ4v) is 2.55. The van der Waals surface area contributed by atoms with Gasteiger partial charge in [-0.3, -0.25) is 0 Å². The predicted octanol–water partition coefficient (Wildman–Crippen LogP) is 4.99. The van der Waals surface area contributed by atoms with E-state index in [1.165, 1.54) is 27.9 Å². The molecule has 0 aliphatic rings. The normalized spacial score (nSPS) is 10.6. The molecule has 2 rings (SSSR count). The summed E-state index contributed by atoms with van der Waals surface area (Å²) < 4.78 is 0. The molecule has 1 N–H and O–H groups in total. The Hall–Kier alpha value is -1.76. The molecular weight excluding hydrogens is 242 g/mol. The Balaban J connectivity index is 2.13. The number of hydrogen-bond donors (Lipinski definition) is 1. The first-order chi connectivity index (χ1) is 9.78. The molecule has 0 fully saturated rings. The summed E-state index contributed by atoms with van der Waals surface area (Å²) in [5.41, 5.74) is 6.90. The van der Waals surface area contributed by atoms with Crippen LogP contribution in [0.1, 0.15) is 43.0 Å². The van der Waals surface area contributed by atoms with Gasteiger partial charge in [-0.1, -0.05) is 63.2 Å². The summed E-state index contributed by atoms with van der Waals surface area (Å²) in [5.74, 6) is 0. The van der Waals surface area contributed by atoms with E-state index in [9.17, 15) is 0 Å². The maximum Gasteiger partial charge on any atom is 0.0407 e. The minimum Gasteiger partial charge on any atom is -0.381 e. The Kier molecular flexibility index (Phi) is 5.23. The quantitative estimate of drug-likeness (QED) is 0.777. The van der Waals surface area contributed by atoms with Crippen LogP contribution in [0, 0.1) is 0 Å². The van der Waals surface area contributed by atoms with Crippen LogP contribution in [-0.2, 0) is 25.8 Å². The maximum absolute atomic E-state index is 3.64. The predicted molar refractivity (Wildman–Crippen MR) is 88.3 cm³/mol. The van der Waals surface area contributed by atoms with E-state index in [2.05, 4.69) is 68.6 Å². The minimum atomic E-state index is 0.897. The zero-order valence-electron chi connectivity index (χ0n) is 12.9. The van der Waals surface area contributed by atoms with E-state index in [1.807, 2.05) is 0 Å². The first-order valence-corrected chi connectivity index (χ1v) is 7.70. The molecule has 1 nitrogen and oxygen atoms in total. The molecule has 0 saturated carbocycles. The highest BCUT2D eigenvalue weighted by Crippen LogP contribution is 2.23. The molecule has 0 aliphatic carbocycles. The average molecular weight is 267 g/mol. The van der Waals surface area contributed by atoms with Gasteiger partial charge in [0.15, 0.2) is 0 Å². The smallest absolute Gasteiger partial charge is 0.0407 e. The van der Waals surface area contributed by atoms with Gasteiger partial charge in [-0.15, -0.1) is 0 Å². The maximum atomic E-state index is 3.64. The number of para-hydroxylation sites is 1. The molecule has 0 aromatic heterocycles. The lowest BCUT2D eigenvalue weighted by Gasteiger charge is -2.15. The van der Waals surface area contributed by atoms with Crippen molar-refractivity contribution in [1.29, 1.82) is 0 Å². The molecule has 0 radical (unpaired) electrons. The summed E-state index contributed by atoms with van der Waals surface area (Å²) >= 11 is 0. The summed E-state index contributed by atoms with van der Waals surface area (Å²) in [6.07, 6.45) is 3.25. The average Bonchev–Trinajstić information content (AvgIpc) is 2.52. The second kappa shape index (κ2) is 7.14. The molecular formula is C19H25N. The highest BCUT2D eigenvalue weighted by molar-refractivity contribution is 5.58. The molecule has 0 heterocycles. The van der Waals surface area contributed by atoms with Crippen LogP contribution in [0.5, 0.6) is 0 Å². The molecule has 0 bridgehead atoms. The second-order valence-corrected chi connectivity index (χ2v) is 5.18. The standard InChI is InChI=1S/C19H25N/c1-4-15-10-12-16(13-11-15)14-20-19-17(5-2)8-7-9-18(19)6-3/h7-13,20H,4-6,14H2,1-3H3. The van der Waals surface area contributed by atoms with Crippen LogP contribution in [0.4, 0.5) is 5.69 Å². The van der Waals surface area contributed by atoms with Crippen molar-refractivity contribution < 1.29 is 0 Å². The van der Waals surface area contributed by atoms with E-state index in [0.29, 0.717) is 0 Å².